The normalized spacial score (nSPS) is 10.5. The molecule has 1 N–H and O–H groups in total. The van der Waals surface area contributed by atoms with Crippen LogP contribution in [0.4, 0.5) is 5.82 Å². The van der Waals surface area contributed by atoms with Gasteiger partial charge in [0, 0.05) is 6.07 Å². The van der Waals surface area contributed by atoms with Crippen molar-refractivity contribution < 1.29 is 18.7 Å². The zero-order valence-electron chi connectivity index (χ0n) is 13.9. The van der Waals surface area contributed by atoms with Crippen molar-refractivity contribution in [2.45, 2.75) is 13.8 Å². The zero-order valence-corrected chi connectivity index (χ0v) is 13.9. The highest BCUT2D eigenvalue weighted by Crippen LogP contribution is 2.19. The molecule has 0 atom stereocenters. The topological polar surface area (TPSA) is 86.4 Å². The molecule has 3 aromatic rings. The molecule has 0 saturated heterocycles. The first-order valence-corrected chi connectivity index (χ1v) is 7.79. The molecule has 1 aromatic carbocycles. The van der Waals surface area contributed by atoms with Gasteiger partial charge in [0.1, 0.15) is 11.6 Å². The van der Waals surface area contributed by atoms with Crippen LogP contribution in [-0.4, -0.2) is 28.3 Å². The summed E-state index contributed by atoms with van der Waals surface area (Å²) in [7, 11) is 0. The number of ether oxygens (including phenoxy) is 1. The first-order valence-electron chi connectivity index (χ1n) is 7.79. The second-order valence-corrected chi connectivity index (χ2v) is 5.25. The standard InChI is InChI=1S/C18H17N3O4/c1-3-24-18(23)14-11-16(19-17(22)15-10-9-12(2)25-15)21(20-14)13-7-5-4-6-8-13/h4-11H,3H2,1-2H3,(H,19,22). The van der Waals surface area contributed by atoms with Gasteiger partial charge in [0.15, 0.2) is 11.5 Å². The van der Waals surface area contributed by atoms with Gasteiger partial charge in [-0.1, -0.05) is 18.2 Å². The van der Waals surface area contributed by atoms with Gasteiger partial charge in [0.05, 0.1) is 12.3 Å². The first-order chi connectivity index (χ1) is 12.1. The molecule has 0 radical (unpaired) electrons. The third-order valence-electron chi connectivity index (χ3n) is 3.40. The fourth-order valence-electron chi connectivity index (χ4n) is 2.28. The summed E-state index contributed by atoms with van der Waals surface area (Å²) >= 11 is 0. The van der Waals surface area contributed by atoms with Gasteiger partial charge < -0.3 is 14.5 Å². The summed E-state index contributed by atoms with van der Waals surface area (Å²) in [5.74, 6) is 0.167. The van der Waals surface area contributed by atoms with Gasteiger partial charge in [-0.05, 0) is 38.1 Å². The fourth-order valence-corrected chi connectivity index (χ4v) is 2.28. The Kier molecular flexibility index (Phi) is 4.65. The molecule has 25 heavy (non-hydrogen) atoms. The van der Waals surface area contributed by atoms with E-state index in [1.807, 2.05) is 30.3 Å². The van der Waals surface area contributed by atoms with Crippen molar-refractivity contribution in [1.29, 1.82) is 0 Å². The lowest BCUT2D eigenvalue weighted by Crippen LogP contribution is -2.14. The van der Waals surface area contributed by atoms with E-state index in [4.69, 9.17) is 9.15 Å². The van der Waals surface area contributed by atoms with Crippen molar-refractivity contribution in [3.8, 4) is 5.69 Å². The van der Waals surface area contributed by atoms with Gasteiger partial charge in [0.25, 0.3) is 5.91 Å². The van der Waals surface area contributed by atoms with Crippen LogP contribution in [-0.2, 0) is 4.74 Å². The van der Waals surface area contributed by atoms with Crippen LogP contribution in [0.1, 0.15) is 33.7 Å². The Bertz CT molecular complexity index is 896. The van der Waals surface area contributed by atoms with E-state index in [2.05, 4.69) is 10.4 Å². The number of amides is 1. The number of aromatic nitrogens is 2. The van der Waals surface area contributed by atoms with E-state index in [0.717, 1.165) is 0 Å². The lowest BCUT2D eigenvalue weighted by Gasteiger charge is -2.07. The van der Waals surface area contributed by atoms with E-state index in [1.54, 1.807) is 26.0 Å². The summed E-state index contributed by atoms with van der Waals surface area (Å²) in [6, 6.07) is 13.9. The Labute approximate surface area is 144 Å². The average molecular weight is 339 g/mol. The monoisotopic (exact) mass is 339 g/mol. The van der Waals surface area contributed by atoms with Crippen LogP contribution in [0.15, 0.2) is 52.9 Å². The maximum Gasteiger partial charge on any atom is 0.358 e. The molecule has 0 aliphatic heterocycles. The number of rotatable bonds is 5. The largest absolute Gasteiger partial charge is 0.461 e. The minimum absolute atomic E-state index is 0.108. The van der Waals surface area contributed by atoms with Gasteiger partial charge in [-0.15, -0.1) is 0 Å². The predicted molar refractivity (Wildman–Crippen MR) is 90.9 cm³/mol. The molecular formula is C18H17N3O4. The van der Waals surface area contributed by atoms with Crippen LogP contribution >= 0.6 is 0 Å². The molecule has 0 aliphatic rings. The number of benzene rings is 1. The molecule has 128 valence electrons. The van der Waals surface area contributed by atoms with Crippen molar-refractivity contribution in [1.82, 2.24) is 9.78 Å². The second kappa shape index (κ2) is 7.04. The predicted octanol–water partition coefficient (Wildman–Crippen LogP) is 3.20. The van der Waals surface area contributed by atoms with Crippen LogP contribution in [0.5, 0.6) is 0 Å². The summed E-state index contributed by atoms with van der Waals surface area (Å²) in [5, 5.41) is 6.96. The van der Waals surface area contributed by atoms with Crippen molar-refractivity contribution in [2.24, 2.45) is 0 Å². The zero-order chi connectivity index (χ0) is 17.8. The summed E-state index contributed by atoms with van der Waals surface area (Å²) in [5.41, 5.74) is 0.806. The highest BCUT2D eigenvalue weighted by molar-refractivity contribution is 6.02. The van der Waals surface area contributed by atoms with Crippen LogP contribution in [0.2, 0.25) is 0 Å². The quantitative estimate of drug-likeness (QED) is 0.721. The van der Waals surface area contributed by atoms with E-state index < -0.39 is 11.9 Å². The van der Waals surface area contributed by atoms with Crippen LogP contribution in [0, 0.1) is 6.92 Å². The Morgan fingerprint density at radius 1 is 1.20 bits per heavy atom. The second-order valence-electron chi connectivity index (χ2n) is 5.25. The number of hydrogen-bond donors (Lipinski definition) is 1. The van der Waals surface area contributed by atoms with Crippen LogP contribution in [0.25, 0.3) is 5.69 Å². The van der Waals surface area contributed by atoms with Gasteiger partial charge >= 0.3 is 5.97 Å². The summed E-state index contributed by atoms with van der Waals surface area (Å²) < 4.78 is 11.8. The van der Waals surface area contributed by atoms with Gasteiger partial charge in [-0.2, -0.15) is 5.10 Å². The molecule has 7 nitrogen and oxygen atoms in total. The van der Waals surface area contributed by atoms with Crippen LogP contribution < -0.4 is 5.32 Å². The molecule has 7 heteroatoms. The van der Waals surface area contributed by atoms with Crippen molar-refractivity contribution in [2.75, 3.05) is 11.9 Å². The number of hydrogen-bond acceptors (Lipinski definition) is 5. The molecule has 0 aliphatic carbocycles. The minimum Gasteiger partial charge on any atom is -0.461 e. The Hall–Kier alpha value is -3.35. The number of carbonyl (C=O) groups is 2. The lowest BCUT2D eigenvalue weighted by atomic mass is 10.3. The van der Waals surface area contributed by atoms with E-state index >= 15 is 0 Å². The highest BCUT2D eigenvalue weighted by Gasteiger charge is 2.19. The van der Waals surface area contributed by atoms with E-state index in [0.29, 0.717) is 17.3 Å². The number of anilines is 1. The number of esters is 1. The SMILES string of the molecule is CCOC(=O)c1cc(NC(=O)c2ccc(C)o2)n(-c2ccccc2)n1. The summed E-state index contributed by atoms with van der Waals surface area (Å²) in [6.07, 6.45) is 0. The molecule has 3 rings (SSSR count). The Morgan fingerprint density at radius 2 is 1.96 bits per heavy atom. The number of furan rings is 1. The van der Waals surface area contributed by atoms with Gasteiger partial charge in [-0.25, -0.2) is 9.48 Å². The van der Waals surface area contributed by atoms with Crippen LogP contribution in [0.3, 0.4) is 0 Å². The molecule has 0 spiro atoms. The molecule has 2 aromatic heterocycles. The molecule has 1 amide bonds. The molecule has 0 bridgehead atoms. The molecule has 0 saturated carbocycles. The number of nitrogens with zero attached hydrogens (tertiary/aromatic N) is 2. The number of para-hydroxylation sites is 1. The van der Waals surface area contributed by atoms with Gasteiger partial charge in [0.2, 0.25) is 0 Å². The maximum atomic E-state index is 12.4. The Morgan fingerprint density at radius 3 is 2.60 bits per heavy atom. The van der Waals surface area contributed by atoms with E-state index in [9.17, 15) is 9.59 Å². The number of aryl methyl sites for hydroxylation is 1. The Balaban J connectivity index is 1.95. The average Bonchev–Trinajstić information content (AvgIpc) is 3.22. The van der Waals surface area contributed by atoms with E-state index in [-0.39, 0.29) is 18.1 Å². The lowest BCUT2D eigenvalue weighted by molar-refractivity contribution is 0.0519. The summed E-state index contributed by atoms with van der Waals surface area (Å²) in [4.78, 5) is 24.3. The molecule has 2 heterocycles. The van der Waals surface area contributed by atoms with Gasteiger partial charge in [-0.3, -0.25) is 4.79 Å². The third kappa shape index (κ3) is 3.60. The summed E-state index contributed by atoms with van der Waals surface area (Å²) in [6.45, 7) is 3.71. The molecular weight excluding hydrogens is 322 g/mol. The number of carbonyl (C=O) groups excluding carboxylic acids is 2. The van der Waals surface area contributed by atoms with Crippen molar-refractivity contribution in [3.63, 3.8) is 0 Å². The molecule has 0 fully saturated rings. The smallest absolute Gasteiger partial charge is 0.358 e. The van der Waals surface area contributed by atoms with E-state index in [1.165, 1.54) is 10.7 Å². The third-order valence-corrected chi connectivity index (χ3v) is 3.40. The van der Waals surface area contributed by atoms with Crippen molar-refractivity contribution in [3.05, 3.63) is 65.7 Å². The fraction of sp³-hybridized carbons (Fsp3) is 0.167. The first kappa shape index (κ1) is 16.5. The molecule has 0 unspecified atom stereocenters. The highest BCUT2D eigenvalue weighted by atomic mass is 16.5. The maximum absolute atomic E-state index is 12.4. The minimum atomic E-state index is -0.554. The number of nitrogens with one attached hydrogen (secondary N) is 1. The van der Waals surface area contributed by atoms with Crippen molar-refractivity contribution >= 4 is 17.7 Å².